The van der Waals surface area contributed by atoms with Crippen molar-refractivity contribution >= 4 is 17.6 Å². The molecule has 1 aromatic carbocycles. The molecule has 0 aliphatic carbocycles. The molecule has 0 saturated carbocycles. The Bertz CT molecular complexity index is 496. The highest BCUT2D eigenvalue weighted by atomic mass is 16.5. The summed E-state index contributed by atoms with van der Waals surface area (Å²) in [6.07, 6.45) is 2.29. The lowest BCUT2D eigenvalue weighted by Gasteiger charge is -2.29. The first kappa shape index (κ1) is 14.6. The molecule has 0 unspecified atom stereocenters. The van der Waals surface area contributed by atoms with Crippen LogP contribution in [0.5, 0.6) is 0 Å². The molecule has 1 aromatic rings. The van der Waals surface area contributed by atoms with Crippen LogP contribution in [-0.2, 0) is 20.7 Å². The van der Waals surface area contributed by atoms with Crippen LogP contribution >= 0.6 is 0 Å². The minimum atomic E-state index is -0.307. The fourth-order valence-corrected chi connectivity index (χ4v) is 2.41. The number of fused-ring (bicyclic) bond motifs is 1. The van der Waals surface area contributed by atoms with Gasteiger partial charge in [0.15, 0.2) is 6.61 Å². The average molecular weight is 275 g/mol. The molecule has 0 aromatic heterocycles. The number of anilines is 1. The highest BCUT2D eigenvalue weighted by Crippen LogP contribution is 2.26. The third kappa shape index (κ3) is 3.59. The van der Waals surface area contributed by atoms with Crippen LogP contribution in [0.1, 0.15) is 32.3 Å². The molecule has 0 spiro atoms. The number of aryl methyl sites for hydroxylation is 1. The predicted molar refractivity (Wildman–Crippen MR) is 77.5 cm³/mol. The molecular formula is C16H21NO3. The fraction of sp³-hybridized carbons (Fsp3) is 0.500. The Hall–Kier alpha value is -1.84. The van der Waals surface area contributed by atoms with E-state index in [0.29, 0.717) is 13.0 Å². The smallest absolute Gasteiger partial charge is 0.306 e. The summed E-state index contributed by atoms with van der Waals surface area (Å²) in [6.45, 7) is 4.42. The van der Waals surface area contributed by atoms with Crippen molar-refractivity contribution in [3.05, 3.63) is 29.8 Å². The number of ether oxygens (including phenoxy) is 1. The Balaban J connectivity index is 1.95. The van der Waals surface area contributed by atoms with Gasteiger partial charge in [-0.15, -0.1) is 0 Å². The highest BCUT2D eigenvalue weighted by Gasteiger charge is 2.22. The maximum absolute atomic E-state index is 12.2. The van der Waals surface area contributed by atoms with Crippen molar-refractivity contribution in [2.75, 3.05) is 18.1 Å². The third-order valence-corrected chi connectivity index (χ3v) is 3.34. The summed E-state index contributed by atoms with van der Waals surface area (Å²) in [6, 6.07) is 7.90. The van der Waals surface area contributed by atoms with E-state index in [1.54, 1.807) is 4.90 Å². The van der Waals surface area contributed by atoms with Gasteiger partial charge >= 0.3 is 5.97 Å². The van der Waals surface area contributed by atoms with Crippen LogP contribution in [-0.4, -0.2) is 25.0 Å². The number of carbonyl (C=O) groups is 2. The van der Waals surface area contributed by atoms with E-state index >= 15 is 0 Å². The number of nitrogens with zero attached hydrogens (tertiary/aromatic N) is 1. The summed E-state index contributed by atoms with van der Waals surface area (Å²) >= 11 is 0. The molecule has 0 fully saturated rings. The van der Waals surface area contributed by atoms with Gasteiger partial charge in [-0.1, -0.05) is 32.0 Å². The number of esters is 1. The molecule has 0 N–H and O–H groups in total. The Morgan fingerprint density at radius 1 is 1.30 bits per heavy atom. The van der Waals surface area contributed by atoms with E-state index in [0.717, 1.165) is 18.5 Å². The summed E-state index contributed by atoms with van der Waals surface area (Å²) in [5.41, 5.74) is 2.13. The van der Waals surface area contributed by atoms with E-state index in [1.165, 1.54) is 5.56 Å². The van der Waals surface area contributed by atoms with Crippen LogP contribution < -0.4 is 4.90 Å². The quantitative estimate of drug-likeness (QED) is 0.793. The summed E-state index contributed by atoms with van der Waals surface area (Å²) in [5.74, 6) is -0.207. The molecule has 0 radical (unpaired) electrons. The van der Waals surface area contributed by atoms with E-state index < -0.39 is 0 Å². The second kappa shape index (κ2) is 6.55. The van der Waals surface area contributed by atoms with Crippen LogP contribution in [0.2, 0.25) is 0 Å². The first-order valence-corrected chi connectivity index (χ1v) is 7.12. The lowest BCUT2D eigenvalue weighted by Crippen LogP contribution is -2.38. The second-order valence-electron chi connectivity index (χ2n) is 5.54. The third-order valence-electron chi connectivity index (χ3n) is 3.34. The van der Waals surface area contributed by atoms with Crippen molar-refractivity contribution in [2.24, 2.45) is 5.92 Å². The zero-order valence-corrected chi connectivity index (χ0v) is 12.1. The monoisotopic (exact) mass is 275 g/mol. The number of benzene rings is 1. The van der Waals surface area contributed by atoms with Gasteiger partial charge in [0.05, 0.1) is 0 Å². The van der Waals surface area contributed by atoms with Crippen molar-refractivity contribution in [3.63, 3.8) is 0 Å². The van der Waals surface area contributed by atoms with Gasteiger partial charge in [0, 0.05) is 18.7 Å². The second-order valence-corrected chi connectivity index (χ2v) is 5.54. The van der Waals surface area contributed by atoms with E-state index in [-0.39, 0.29) is 24.4 Å². The topological polar surface area (TPSA) is 46.6 Å². The number of rotatable bonds is 4. The van der Waals surface area contributed by atoms with Crippen LogP contribution in [0.3, 0.4) is 0 Å². The Morgan fingerprint density at radius 2 is 2.05 bits per heavy atom. The normalized spacial score (nSPS) is 14.1. The summed E-state index contributed by atoms with van der Waals surface area (Å²) in [4.78, 5) is 25.4. The molecule has 1 aliphatic heterocycles. The molecule has 0 atom stereocenters. The Kier molecular flexibility index (Phi) is 4.77. The minimum absolute atomic E-state index is 0.144. The molecule has 1 amide bonds. The number of carbonyl (C=O) groups excluding carboxylic acids is 2. The minimum Gasteiger partial charge on any atom is -0.456 e. The van der Waals surface area contributed by atoms with Crippen molar-refractivity contribution < 1.29 is 14.3 Å². The lowest BCUT2D eigenvalue weighted by atomic mass is 10.0. The van der Waals surface area contributed by atoms with E-state index in [1.807, 2.05) is 38.1 Å². The molecule has 20 heavy (non-hydrogen) atoms. The van der Waals surface area contributed by atoms with Gasteiger partial charge in [-0.05, 0) is 30.4 Å². The van der Waals surface area contributed by atoms with Crippen LogP contribution in [0.15, 0.2) is 24.3 Å². The van der Waals surface area contributed by atoms with Gasteiger partial charge in [0.1, 0.15) is 0 Å². The highest BCUT2D eigenvalue weighted by molar-refractivity contribution is 5.96. The van der Waals surface area contributed by atoms with Crippen molar-refractivity contribution in [2.45, 2.75) is 33.1 Å². The molecule has 2 rings (SSSR count). The van der Waals surface area contributed by atoms with Crippen LogP contribution in [0.4, 0.5) is 5.69 Å². The van der Waals surface area contributed by atoms with E-state index in [9.17, 15) is 9.59 Å². The molecule has 4 nitrogen and oxygen atoms in total. The SMILES string of the molecule is CC(C)CC(=O)OCC(=O)N1CCCc2ccccc21. The van der Waals surface area contributed by atoms with E-state index in [2.05, 4.69) is 0 Å². The van der Waals surface area contributed by atoms with Gasteiger partial charge in [-0.3, -0.25) is 9.59 Å². The van der Waals surface area contributed by atoms with Gasteiger partial charge < -0.3 is 9.64 Å². The standard InChI is InChI=1S/C16H21NO3/c1-12(2)10-16(19)20-11-15(18)17-9-5-7-13-6-3-4-8-14(13)17/h3-4,6,8,12H,5,7,9-11H2,1-2H3. The first-order chi connectivity index (χ1) is 9.58. The van der Waals surface area contributed by atoms with E-state index in [4.69, 9.17) is 4.74 Å². The number of para-hydroxylation sites is 1. The summed E-state index contributed by atoms with van der Waals surface area (Å²) in [5, 5.41) is 0. The fourth-order valence-electron chi connectivity index (χ4n) is 2.41. The number of hydrogen-bond donors (Lipinski definition) is 0. The summed E-state index contributed by atoms with van der Waals surface area (Å²) < 4.78 is 5.05. The zero-order chi connectivity index (χ0) is 14.5. The molecule has 1 aliphatic rings. The molecule has 1 heterocycles. The molecular weight excluding hydrogens is 254 g/mol. The Morgan fingerprint density at radius 3 is 2.80 bits per heavy atom. The predicted octanol–water partition coefficient (Wildman–Crippen LogP) is 2.56. The Labute approximate surface area is 119 Å². The van der Waals surface area contributed by atoms with Crippen LogP contribution in [0, 0.1) is 5.92 Å². The van der Waals surface area contributed by atoms with Gasteiger partial charge in [-0.25, -0.2) is 0 Å². The maximum Gasteiger partial charge on any atom is 0.306 e. The van der Waals surface area contributed by atoms with Gasteiger partial charge in [0.2, 0.25) is 0 Å². The van der Waals surface area contributed by atoms with Crippen molar-refractivity contribution in [1.82, 2.24) is 0 Å². The zero-order valence-electron chi connectivity index (χ0n) is 12.1. The van der Waals surface area contributed by atoms with Gasteiger partial charge in [0.25, 0.3) is 5.91 Å². The largest absolute Gasteiger partial charge is 0.456 e. The lowest BCUT2D eigenvalue weighted by molar-refractivity contribution is -0.148. The average Bonchev–Trinajstić information content (AvgIpc) is 2.43. The number of amides is 1. The molecule has 4 heteroatoms. The maximum atomic E-state index is 12.2. The van der Waals surface area contributed by atoms with Gasteiger partial charge in [-0.2, -0.15) is 0 Å². The van der Waals surface area contributed by atoms with Crippen molar-refractivity contribution in [1.29, 1.82) is 0 Å². The van der Waals surface area contributed by atoms with Crippen LogP contribution in [0.25, 0.3) is 0 Å². The molecule has 108 valence electrons. The first-order valence-electron chi connectivity index (χ1n) is 7.12. The summed E-state index contributed by atoms with van der Waals surface area (Å²) in [7, 11) is 0. The molecule has 0 saturated heterocycles. The molecule has 0 bridgehead atoms. The van der Waals surface area contributed by atoms with Crippen molar-refractivity contribution in [3.8, 4) is 0 Å². The number of hydrogen-bond acceptors (Lipinski definition) is 3.